The lowest BCUT2D eigenvalue weighted by molar-refractivity contribution is -0.139. The van der Waals surface area contributed by atoms with Crippen molar-refractivity contribution < 1.29 is 32.7 Å². The smallest absolute Gasteiger partial charge is 0.329 e. The number of benzene rings is 2. The van der Waals surface area contributed by atoms with Crippen LogP contribution in [0, 0.1) is 5.82 Å². The highest BCUT2D eigenvalue weighted by Gasteiger charge is 2.13. The Morgan fingerprint density at radius 1 is 1.11 bits per heavy atom. The maximum Gasteiger partial charge on any atom is 0.329 e. The first kappa shape index (κ1) is 25.4. The van der Waals surface area contributed by atoms with Gasteiger partial charge in [-0.15, -0.1) is 0 Å². The van der Waals surface area contributed by atoms with Crippen LogP contribution in [0.3, 0.4) is 0 Å². The lowest BCUT2D eigenvalue weighted by Crippen LogP contribution is -2.37. The Bertz CT molecular complexity index is 1230. The highest BCUT2D eigenvalue weighted by molar-refractivity contribution is 9.10. The van der Waals surface area contributed by atoms with Crippen molar-refractivity contribution in [2.24, 2.45) is 5.10 Å². The normalized spacial score (nSPS) is 10.6. The molecule has 0 fully saturated rings. The molecule has 0 unspecified atom stereocenters. The molecule has 0 atom stereocenters. The van der Waals surface area contributed by atoms with Crippen molar-refractivity contribution in [1.29, 1.82) is 0 Å². The molecular weight excluding hydrogens is 527 g/mol. The zero-order valence-corrected chi connectivity index (χ0v) is 19.9. The van der Waals surface area contributed by atoms with Crippen LogP contribution in [0.1, 0.15) is 11.3 Å². The number of methoxy groups -OCH3 is 1. The highest BCUT2D eigenvalue weighted by Crippen LogP contribution is 2.27. The van der Waals surface area contributed by atoms with E-state index < -0.39 is 23.5 Å². The van der Waals surface area contributed by atoms with Crippen molar-refractivity contribution in [1.82, 2.24) is 10.7 Å². The number of hydrogen-bond acceptors (Lipinski definition) is 7. The summed E-state index contributed by atoms with van der Waals surface area (Å²) in [6.45, 7) is -0.319. The Morgan fingerprint density at radius 2 is 1.94 bits per heavy atom. The van der Waals surface area contributed by atoms with E-state index in [0.717, 1.165) is 0 Å². The van der Waals surface area contributed by atoms with Crippen LogP contribution in [0.15, 0.2) is 68.8 Å². The number of rotatable bonds is 9. The summed E-state index contributed by atoms with van der Waals surface area (Å²) < 4.78 is 30.2. The van der Waals surface area contributed by atoms with Crippen LogP contribution >= 0.6 is 15.9 Å². The monoisotopic (exact) mass is 546 g/mol. The van der Waals surface area contributed by atoms with E-state index in [1.807, 2.05) is 0 Å². The van der Waals surface area contributed by atoms with E-state index >= 15 is 0 Å². The fraction of sp³-hybridized carbons (Fsp3) is 0.130. The van der Waals surface area contributed by atoms with Gasteiger partial charge in [0.1, 0.15) is 11.6 Å². The Hall–Kier alpha value is -4.19. The molecule has 0 aliphatic carbocycles. The molecule has 3 aromatic rings. The third-order valence-corrected chi connectivity index (χ3v) is 4.83. The fourth-order valence-corrected chi connectivity index (χ4v) is 3.01. The molecule has 0 radical (unpaired) electrons. The van der Waals surface area contributed by atoms with E-state index in [9.17, 15) is 18.8 Å². The van der Waals surface area contributed by atoms with Gasteiger partial charge in [0.25, 0.3) is 5.91 Å². The molecule has 182 valence electrons. The molecular formula is C23H20BrFN4O6. The van der Waals surface area contributed by atoms with Crippen LogP contribution in [0.2, 0.25) is 0 Å². The molecule has 10 nitrogen and oxygen atoms in total. The van der Waals surface area contributed by atoms with Gasteiger partial charge in [0.2, 0.25) is 0 Å². The van der Waals surface area contributed by atoms with Gasteiger partial charge in [-0.05, 0) is 54.1 Å². The molecule has 3 amide bonds. The first-order chi connectivity index (χ1) is 16.9. The molecule has 2 aromatic carbocycles. The van der Waals surface area contributed by atoms with Gasteiger partial charge in [0.15, 0.2) is 18.1 Å². The van der Waals surface area contributed by atoms with Gasteiger partial charge in [-0.2, -0.15) is 5.10 Å². The predicted molar refractivity (Wildman–Crippen MR) is 128 cm³/mol. The number of carbonyl (C=O) groups is 3. The minimum Gasteiger partial charge on any atom is -0.493 e. The Balaban J connectivity index is 1.50. The Kier molecular flexibility index (Phi) is 8.95. The first-order valence-electron chi connectivity index (χ1n) is 10.0. The summed E-state index contributed by atoms with van der Waals surface area (Å²) in [6.07, 6.45) is 2.75. The summed E-state index contributed by atoms with van der Waals surface area (Å²) in [4.78, 5) is 35.7. The molecule has 1 heterocycles. The summed E-state index contributed by atoms with van der Waals surface area (Å²) >= 11 is 3.15. The zero-order valence-electron chi connectivity index (χ0n) is 18.3. The topological polar surface area (TPSA) is 131 Å². The third-order valence-electron chi connectivity index (χ3n) is 4.34. The SMILES string of the molecule is COc1cc(/C=N\NC(=O)C(=O)NCc2ccco2)ccc1OCC(=O)Nc1ccc(Br)cc1F. The number of nitrogens with one attached hydrogen (secondary N) is 3. The predicted octanol–water partition coefficient (Wildman–Crippen LogP) is 2.97. The summed E-state index contributed by atoms with van der Waals surface area (Å²) in [5.74, 6) is -1.92. The third kappa shape index (κ3) is 7.67. The fourth-order valence-electron chi connectivity index (χ4n) is 2.68. The molecule has 0 aliphatic heterocycles. The number of hydrazone groups is 1. The summed E-state index contributed by atoms with van der Waals surface area (Å²) in [5, 5.41) is 8.55. The average molecular weight is 547 g/mol. The second-order valence-corrected chi connectivity index (χ2v) is 7.75. The van der Waals surface area contributed by atoms with E-state index in [4.69, 9.17) is 13.9 Å². The van der Waals surface area contributed by atoms with E-state index in [0.29, 0.717) is 21.5 Å². The lowest BCUT2D eigenvalue weighted by Gasteiger charge is -2.12. The second kappa shape index (κ2) is 12.3. The molecule has 12 heteroatoms. The van der Waals surface area contributed by atoms with Crippen molar-refractivity contribution in [2.75, 3.05) is 19.0 Å². The van der Waals surface area contributed by atoms with Crippen molar-refractivity contribution in [3.8, 4) is 11.5 Å². The summed E-state index contributed by atoms with van der Waals surface area (Å²) in [7, 11) is 1.41. The number of carbonyl (C=O) groups excluding carboxylic acids is 3. The van der Waals surface area contributed by atoms with Crippen LogP contribution in [-0.4, -0.2) is 37.7 Å². The number of nitrogens with zero attached hydrogens (tertiary/aromatic N) is 1. The Labute approximate surface area is 207 Å². The largest absolute Gasteiger partial charge is 0.493 e. The molecule has 35 heavy (non-hydrogen) atoms. The number of furan rings is 1. The van der Waals surface area contributed by atoms with Crippen LogP contribution in [0.25, 0.3) is 0 Å². The molecule has 0 saturated heterocycles. The number of anilines is 1. The number of ether oxygens (including phenoxy) is 2. The minimum absolute atomic E-state index is 0.0250. The quantitative estimate of drug-likeness (QED) is 0.215. The maximum atomic E-state index is 13.9. The molecule has 0 spiro atoms. The molecule has 0 aliphatic rings. The van der Waals surface area contributed by atoms with Gasteiger partial charge in [-0.3, -0.25) is 14.4 Å². The standard InChI is InChI=1S/C23H20BrFN4O6/c1-33-20-9-14(11-27-29-23(32)22(31)26-12-16-3-2-8-34-16)4-7-19(20)35-13-21(30)28-18-6-5-15(24)10-17(18)25/h2-11H,12-13H2,1H3,(H,26,31)(H,28,30)(H,29,32)/b27-11-. The molecule has 0 saturated carbocycles. The summed E-state index contributed by atoms with van der Waals surface area (Å²) in [6, 6.07) is 12.3. The number of hydrogen-bond donors (Lipinski definition) is 3. The van der Waals surface area contributed by atoms with Crippen LogP contribution in [-0.2, 0) is 20.9 Å². The van der Waals surface area contributed by atoms with E-state index in [1.54, 1.807) is 30.3 Å². The van der Waals surface area contributed by atoms with Crippen LogP contribution < -0.4 is 25.5 Å². The van der Waals surface area contributed by atoms with Gasteiger partial charge < -0.3 is 24.5 Å². The molecule has 0 bridgehead atoms. The van der Waals surface area contributed by atoms with Gasteiger partial charge in [-0.25, -0.2) is 9.82 Å². The van der Waals surface area contributed by atoms with Gasteiger partial charge in [-0.1, -0.05) is 15.9 Å². The second-order valence-electron chi connectivity index (χ2n) is 6.83. The van der Waals surface area contributed by atoms with E-state index in [-0.39, 0.29) is 24.6 Å². The number of amides is 3. The lowest BCUT2D eigenvalue weighted by atomic mass is 10.2. The van der Waals surface area contributed by atoms with Crippen molar-refractivity contribution in [3.05, 3.63) is 76.4 Å². The van der Waals surface area contributed by atoms with Gasteiger partial charge >= 0.3 is 11.8 Å². The molecule has 1 aromatic heterocycles. The van der Waals surface area contributed by atoms with Crippen LogP contribution in [0.5, 0.6) is 11.5 Å². The van der Waals surface area contributed by atoms with E-state index in [2.05, 4.69) is 37.1 Å². The van der Waals surface area contributed by atoms with E-state index in [1.165, 1.54) is 37.8 Å². The van der Waals surface area contributed by atoms with Gasteiger partial charge in [0, 0.05) is 4.47 Å². The molecule has 3 N–H and O–H groups in total. The van der Waals surface area contributed by atoms with Crippen LogP contribution in [0.4, 0.5) is 10.1 Å². The average Bonchev–Trinajstić information content (AvgIpc) is 3.37. The number of halogens is 2. The van der Waals surface area contributed by atoms with Crippen molar-refractivity contribution >= 4 is 45.6 Å². The van der Waals surface area contributed by atoms with Gasteiger partial charge in [0.05, 0.1) is 31.8 Å². The minimum atomic E-state index is -0.951. The molecule has 3 rings (SSSR count). The zero-order chi connectivity index (χ0) is 25.2. The Morgan fingerprint density at radius 3 is 2.66 bits per heavy atom. The van der Waals surface area contributed by atoms with Crippen molar-refractivity contribution in [3.63, 3.8) is 0 Å². The maximum absolute atomic E-state index is 13.9. The highest BCUT2D eigenvalue weighted by atomic mass is 79.9. The van der Waals surface area contributed by atoms with Crippen molar-refractivity contribution in [2.45, 2.75) is 6.54 Å². The first-order valence-corrected chi connectivity index (χ1v) is 10.8. The summed E-state index contributed by atoms with van der Waals surface area (Å²) in [5.41, 5.74) is 2.66.